The number of rotatable bonds is 5. The Bertz CT molecular complexity index is 726. The molecule has 0 aliphatic heterocycles. The van der Waals surface area contributed by atoms with Crippen molar-refractivity contribution in [2.24, 2.45) is 17.8 Å². The van der Waals surface area contributed by atoms with Gasteiger partial charge >= 0.3 is 0 Å². The van der Waals surface area contributed by atoms with Crippen LogP contribution in [0.5, 0.6) is 0 Å². The summed E-state index contributed by atoms with van der Waals surface area (Å²) in [4.78, 5) is 25.0. The molecule has 0 aromatic heterocycles. The van der Waals surface area contributed by atoms with E-state index in [9.17, 15) is 14.0 Å². The lowest BCUT2D eigenvalue weighted by Gasteiger charge is -2.35. The fraction of sp³-hybridized carbons (Fsp3) is 0.571. The molecule has 160 valence electrons. The van der Waals surface area contributed by atoms with E-state index in [1.54, 1.807) is 0 Å². The summed E-state index contributed by atoms with van der Waals surface area (Å²) in [5, 5.41) is 6.33. The SMILES string of the molecule is CC(C)[C@H](NC(=O)c1ccc(F)cc1)C(=O)NNC(=S)N[C@H]1CCC[C@@H](C)[C@H]1C. The molecule has 1 aromatic carbocycles. The molecule has 2 rings (SSSR count). The van der Waals surface area contributed by atoms with Gasteiger partial charge in [-0.25, -0.2) is 4.39 Å². The van der Waals surface area contributed by atoms with Gasteiger partial charge < -0.3 is 10.6 Å². The number of thiocarbonyl (C=S) groups is 1. The first-order valence-electron chi connectivity index (χ1n) is 10.1. The molecule has 0 spiro atoms. The monoisotopic (exact) mass is 422 g/mol. The highest BCUT2D eigenvalue weighted by Crippen LogP contribution is 2.29. The smallest absolute Gasteiger partial charge is 0.261 e. The van der Waals surface area contributed by atoms with Crippen molar-refractivity contribution in [3.63, 3.8) is 0 Å². The maximum absolute atomic E-state index is 13.0. The van der Waals surface area contributed by atoms with Crippen LogP contribution < -0.4 is 21.5 Å². The molecule has 0 heterocycles. The number of hydrazine groups is 1. The zero-order valence-corrected chi connectivity index (χ0v) is 18.2. The lowest BCUT2D eigenvalue weighted by Crippen LogP contribution is -2.57. The molecule has 4 atom stereocenters. The maximum Gasteiger partial charge on any atom is 0.261 e. The third-order valence-electron chi connectivity index (χ3n) is 5.66. The first-order chi connectivity index (χ1) is 13.7. The molecule has 2 amide bonds. The van der Waals surface area contributed by atoms with Crippen LogP contribution in [-0.4, -0.2) is 29.0 Å². The van der Waals surface area contributed by atoms with Gasteiger partial charge in [0.1, 0.15) is 11.9 Å². The van der Waals surface area contributed by atoms with Crippen molar-refractivity contribution < 1.29 is 14.0 Å². The second-order valence-electron chi connectivity index (χ2n) is 8.16. The Labute approximate surface area is 177 Å². The third-order valence-corrected chi connectivity index (χ3v) is 5.88. The van der Waals surface area contributed by atoms with Gasteiger partial charge in [0, 0.05) is 11.6 Å². The van der Waals surface area contributed by atoms with E-state index in [1.807, 2.05) is 13.8 Å². The topological polar surface area (TPSA) is 82.3 Å². The van der Waals surface area contributed by atoms with Gasteiger partial charge in [-0.15, -0.1) is 0 Å². The minimum Gasteiger partial charge on any atom is -0.358 e. The minimum absolute atomic E-state index is 0.151. The Balaban J connectivity index is 1.87. The quantitative estimate of drug-likeness (QED) is 0.433. The molecule has 6 nitrogen and oxygen atoms in total. The van der Waals surface area contributed by atoms with Crippen LogP contribution >= 0.6 is 12.2 Å². The highest BCUT2D eigenvalue weighted by atomic mass is 32.1. The highest BCUT2D eigenvalue weighted by Gasteiger charge is 2.28. The van der Waals surface area contributed by atoms with Gasteiger partial charge in [-0.1, -0.05) is 40.5 Å². The number of benzene rings is 1. The molecule has 0 bridgehead atoms. The summed E-state index contributed by atoms with van der Waals surface area (Å²) in [5.41, 5.74) is 5.61. The summed E-state index contributed by atoms with van der Waals surface area (Å²) >= 11 is 5.31. The van der Waals surface area contributed by atoms with E-state index in [0.29, 0.717) is 16.9 Å². The van der Waals surface area contributed by atoms with Crippen molar-refractivity contribution in [2.75, 3.05) is 0 Å². The average Bonchev–Trinajstić information content (AvgIpc) is 2.68. The summed E-state index contributed by atoms with van der Waals surface area (Å²) in [5.74, 6) is -0.286. The summed E-state index contributed by atoms with van der Waals surface area (Å²) in [6, 6.07) is 4.68. The number of carbonyl (C=O) groups is 2. The van der Waals surface area contributed by atoms with Crippen molar-refractivity contribution in [3.8, 4) is 0 Å². The van der Waals surface area contributed by atoms with Crippen LogP contribution in [0, 0.1) is 23.6 Å². The summed E-state index contributed by atoms with van der Waals surface area (Å²) in [7, 11) is 0. The van der Waals surface area contributed by atoms with Gasteiger partial charge in [0.05, 0.1) is 0 Å². The second kappa shape index (κ2) is 10.5. The molecule has 29 heavy (non-hydrogen) atoms. The lowest BCUT2D eigenvalue weighted by atomic mass is 9.78. The van der Waals surface area contributed by atoms with Crippen LogP contribution in [0.1, 0.15) is 57.3 Å². The fourth-order valence-electron chi connectivity index (χ4n) is 3.55. The number of hydrogen-bond acceptors (Lipinski definition) is 3. The minimum atomic E-state index is -0.767. The van der Waals surface area contributed by atoms with E-state index < -0.39 is 23.7 Å². The van der Waals surface area contributed by atoms with Crippen LogP contribution in [-0.2, 0) is 4.79 Å². The number of hydrogen-bond donors (Lipinski definition) is 4. The Kier molecular flexibility index (Phi) is 8.37. The standard InChI is InChI=1S/C21H31FN4O2S/c1-12(2)18(24-19(27)15-8-10-16(22)11-9-15)20(28)25-26-21(29)23-17-7-5-6-13(3)14(17)4/h8-14,17-18H,5-7H2,1-4H3,(H,24,27)(H,25,28)(H2,23,26,29)/t13-,14-,17+,18+/m1/s1. The van der Waals surface area contributed by atoms with E-state index in [0.717, 1.165) is 12.8 Å². The van der Waals surface area contributed by atoms with Crippen LogP contribution in [0.2, 0.25) is 0 Å². The maximum atomic E-state index is 13.0. The third kappa shape index (κ3) is 6.66. The van der Waals surface area contributed by atoms with Crippen molar-refractivity contribution in [3.05, 3.63) is 35.6 Å². The average molecular weight is 423 g/mol. The zero-order valence-electron chi connectivity index (χ0n) is 17.4. The number of halogens is 1. The number of amides is 2. The largest absolute Gasteiger partial charge is 0.358 e. The van der Waals surface area contributed by atoms with Crippen LogP contribution in [0.15, 0.2) is 24.3 Å². The molecular weight excluding hydrogens is 391 g/mol. The molecule has 4 N–H and O–H groups in total. The number of nitrogens with one attached hydrogen (secondary N) is 4. The van der Waals surface area contributed by atoms with Crippen molar-refractivity contribution >= 4 is 29.1 Å². The van der Waals surface area contributed by atoms with Gasteiger partial charge in [0.15, 0.2) is 5.11 Å². The molecule has 8 heteroatoms. The van der Waals surface area contributed by atoms with Crippen LogP contribution in [0.3, 0.4) is 0 Å². The Morgan fingerprint density at radius 2 is 1.76 bits per heavy atom. The van der Waals surface area contributed by atoms with Crippen molar-refractivity contribution in [1.29, 1.82) is 0 Å². The van der Waals surface area contributed by atoms with Crippen LogP contribution in [0.25, 0.3) is 0 Å². The van der Waals surface area contributed by atoms with Gasteiger partial charge in [-0.05, 0) is 60.7 Å². The van der Waals surface area contributed by atoms with E-state index in [-0.39, 0.29) is 17.5 Å². The molecule has 1 aromatic rings. The molecular formula is C21H31FN4O2S. The van der Waals surface area contributed by atoms with E-state index in [1.165, 1.54) is 30.7 Å². The van der Waals surface area contributed by atoms with Crippen molar-refractivity contribution in [2.45, 2.75) is 59.0 Å². The van der Waals surface area contributed by atoms with E-state index in [4.69, 9.17) is 12.2 Å². The van der Waals surface area contributed by atoms with Gasteiger partial charge in [0.2, 0.25) is 0 Å². The zero-order chi connectivity index (χ0) is 21.6. The Hall–Kier alpha value is -2.22. The fourth-order valence-corrected chi connectivity index (χ4v) is 3.75. The van der Waals surface area contributed by atoms with Gasteiger partial charge in [-0.3, -0.25) is 20.4 Å². The molecule has 0 saturated heterocycles. The highest BCUT2D eigenvalue weighted by molar-refractivity contribution is 7.80. The Morgan fingerprint density at radius 1 is 1.10 bits per heavy atom. The summed E-state index contributed by atoms with van der Waals surface area (Å²) in [6.07, 6.45) is 3.42. The van der Waals surface area contributed by atoms with Gasteiger partial charge in [0.25, 0.3) is 11.8 Å². The normalized spacial score (nSPS) is 22.5. The molecule has 1 aliphatic carbocycles. The summed E-state index contributed by atoms with van der Waals surface area (Å²) in [6.45, 7) is 8.12. The predicted molar refractivity (Wildman–Crippen MR) is 115 cm³/mol. The molecule has 0 unspecified atom stereocenters. The Morgan fingerprint density at radius 3 is 2.38 bits per heavy atom. The number of carbonyl (C=O) groups excluding carboxylic acids is 2. The van der Waals surface area contributed by atoms with Crippen LogP contribution in [0.4, 0.5) is 4.39 Å². The van der Waals surface area contributed by atoms with E-state index >= 15 is 0 Å². The summed E-state index contributed by atoms with van der Waals surface area (Å²) < 4.78 is 13.0. The lowest BCUT2D eigenvalue weighted by molar-refractivity contribution is -0.124. The predicted octanol–water partition coefficient (Wildman–Crippen LogP) is 2.90. The van der Waals surface area contributed by atoms with Gasteiger partial charge in [-0.2, -0.15) is 0 Å². The molecule has 1 saturated carbocycles. The first kappa shape index (κ1) is 23.1. The second-order valence-corrected chi connectivity index (χ2v) is 8.57. The van der Waals surface area contributed by atoms with Crippen molar-refractivity contribution in [1.82, 2.24) is 21.5 Å². The van der Waals surface area contributed by atoms with E-state index in [2.05, 4.69) is 35.3 Å². The molecule has 0 radical (unpaired) electrons. The molecule has 1 fully saturated rings. The first-order valence-corrected chi connectivity index (χ1v) is 10.5. The molecule has 1 aliphatic rings.